The summed E-state index contributed by atoms with van der Waals surface area (Å²) in [6, 6.07) is 5.58. The maximum absolute atomic E-state index is 12.7. The smallest absolute Gasteiger partial charge is 0.257 e. The van der Waals surface area contributed by atoms with Gasteiger partial charge >= 0.3 is 0 Å². The first kappa shape index (κ1) is 15.4. The van der Waals surface area contributed by atoms with Gasteiger partial charge in [0.25, 0.3) is 5.91 Å². The van der Waals surface area contributed by atoms with Crippen molar-refractivity contribution < 1.29 is 17.6 Å². The van der Waals surface area contributed by atoms with E-state index in [1.165, 1.54) is 44.2 Å². The van der Waals surface area contributed by atoms with Gasteiger partial charge in [0.2, 0.25) is 10.0 Å². The van der Waals surface area contributed by atoms with E-state index >= 15 is 0 Å². The lowest BCUT2D eigenvalue weighted by Crippen LogP contribution is -2.34. The van der Waals surface area contributed by atoms with Crippen molar-refractivity contribution in [3.63, 3.8) is 0 Å². The minimum Gasteiger partial charge on any atom is -0.269 e. The van der Waals surface area contributed by atoms with Gasteiger partial charge in [0.15, 0.2) is 0 Å². The number of benzene rings is 1. The van der Waals surface area contributed by atoms with Crippen molar-refractivity contribution >= 4 is 21.5 Å². The van der Waals surface area contributed by atoms with Crippen molar-refractivity contribution in [2.75, 3.05) is 0 Å². The third kappa shape index (κ3) is 4.48. The Morgan fingerprint density at radius 1 is 1.26 bits per heavy atom. The molecule has 0 saturated heterocycles. The third-order valence-electron chi connectivity index (χ3n) is 2.51. The van der Waals surface area contributed by atoms with Gasteiger partial charge < -0.3 is 0 Å². The van der Waals surface area contributed by atoms with Gasteiger partial charge in [0, 0.05) is 6.08 Å². The van der Waals surface area contributed by atoms with Crippen LogP contribution in [0.15, 0.2) is 30.3 Å². The highest BCUT2D eigenvalue weighted by Gasteiger charge is 2.17. The number of carbonyl (C=O) groups is 1. The van der Waals surface area contributed by atoms with Gasteiger partial charge in [-0.05, 0) is 44.0 Å². The largest absolute Gasteiger partial charge is 0.269 e. The van der Waals surface area contributed by atoms with Crippen LogP contribution in [-0.2, 0) is 14.8 Å². The molecule has 1 aromatic carbocycles. The molecular weight excluding hydrogens is 269 g/mol. The minimum atomic E-state index is -3.64. The lowest BCUT2D eigenvalue weighted by atomic mass is 10.1. The predicted octanol–water partition coefficient (Wildman–Crippen LogP) is 2.08. The average Bonchev–Trinajstić information content (AvgIpc) is 2.28. The molecule has 0 radical (unpaired) electrons. The summed E-state index contributed by atoms with van der Waals surface area (Å²) >= 11 is 0. The van der Waals surface area contributed by atoms with Crippen LogP contribution in [0.4, 0.5) is 4.39 Å². The fraction of sp³-hybridized carbons (Fsp3) is 0.308. The second-order valence-electron chi connectivity index (χ2n) is 4.39. The molecule has 1 amide bonds. The van der Waals surface area contributed by atoms with Crippen LogP contribution in [0.1, 0.15) is 26.3 Å². The van der Waals surface area contributed by atoms with E-state index in [0.717, 1.165) is 0 Å². The molecular formula is C13H16FNO3S. The van der Waals surface area contributed by atoms with Crippen LogP contribution in [0.5, 0.6) is 0 Å². The molecule has 0 aliphatic carbocycles. The fourth-order valence-corrected chi connectivity index (χ4v) is 1.86. The summed E-state index contributed by atoms with van der Waals surface area (Å²) in [6.07, 6.45) is 1.17. The maximum Gasteiger partial charge on any atom is 0.257 e. The second kappa shape index (κ2) is 5.97. The highest BCUT2D eigenvalue weighted by Crippen LogP contribution is 2.13. The first-order valence-corrected chi connectivity index (χ1v) is 7.27. The number of nitrogens with one attached hydrogen (secondary N) is 1. The number of hydrogen-bond acceptors (Lipinski definition) is 3. The average molecular weight is 285 g/mol. The molecule has 0 saturated carbocycles. The molecule has 4 nitrogen and oxygen atoms in total. The maximum atomic E-state index is 12.7. The van der Waals surface area contributed by atoms with Crippen LogP contribution in [0, 0.1) is 5.82 Å². The first-order chi connectivity index (χ1) is 8.72. The Kier molecular flexibility index (Phi) is 4.83. The monoisotopic (exact) mass is 285 g/mol. The van der Waals surface area contributed by atoms with Crippen molar-refractivity contribution in [1.29, 1.82) is 0 Å². The van der Waals surface area contributed by atoms with Gasteiger partial charge in [-0.15, -0.1) is 0 Å². The van der Waals surface area contributed by atoms with Crippen LogP contribution >= 0.6 is 0 Å². The Morgan fingerprint density at radius 2 is 1.79 bits per heavy atom. The number of rotatable bonds is 4. The van der Waals surface area contributed by atoms with Crippen LogP contribution in [-0.4, -0.2) is 19.6 Å². The molecule has 0 aromatic heterocycles. The molecule has 1 rings (SSSR count). The molecule has 1 aromatic rings. The molecule has 1 N–H and O–H groups in total. The van der Waals surface area contributed by atoms with Crippen molar-refractivity contribution in [2.45, 2.75) is 26.0 Å². The molecule has 0 heterocycles. The Bertz CT molecular complexity index is 589. The van der Waals surface area contributed by atoms with Gasteiger partial charge in [0.05, 0.1) is 5.25 Å². The summed E-state index contributed by atoms with van der Waals surface area (Å²) in [7, 11) is -3.64. The van der Waals surface area contributed by atoms with Gasteiger partial charge in [-0.1, -0.05) is 12.1 Å². The van der Waals surface area contributed by atoms with Crippen LogP contribution in [0.2, 0.25) is 0 Å². The lowest BCUT2D eigenvalue weighted by Gasteiger charge is -2.08. The van der Waals surface area contributed by atoms with Crippen LogP contribution < -0.4 is 4.72 Å². The molecule has 0 aliphatic heterocycles. The summed E-state index contributed by atoms with van der Waals surface area (Å²) in [4.78, 5) is 11.6. The second-order valence-corrected chi connectivity index (χ2v) is 6.63. The van der Waals surface area contributed by atoms with Crippen molar-refractivity contribution in [3.8, 4) is 0 Å². The van der Waals surface area contributed by atoms with E-state index in [9.17, 15) is 17.6 Å². The standard InChI is InChI=1S/C13H16FNO3S/c1-9(2)19(17,18)15-13(16)8-10(3)11-4-6-12(14)7-5-11/h4-9H,1-3H3,(H,15,16). The van der Waals surface area contributed by atoms with Gasteiger partial charge in [-0.25, -0.2) is 17.5 Å². The van der Waals surface area contributed by atoms with Crippen molar-refractivity contribution in [2.24, 2.45) is 0 Å². The highest BCUT2D eigenvalue weighted by molar-refractivity contribution is 7.90. The van der Waals surface area contributed by atoms with E-state index in [4.69, 9.17) is 0 Å². The van der Waals surface area contributed by atoms with Crippen LogP contribution in [0.25, 0.3) is 5.57 Å². The molecule has 0 bridgehead atoms. The van der Waals surface area contributed by atoms with E-state index in [1.54, 1.807) is 6.92 Å². The van der Waals surface area contributed by atoms with E-state index in [-0.39, 0.29) is 5.82 Å². The molecule has 0 unspecified atom stereocenters. The SMILES string of the molecule is CC(=CC(=O)NS(=O)(=O)C(C)C)c1ccc(F)cc1. The number of sulfonamides is 1. The summed E-state index contributed by atoms with van der Waals surface area (Å²) in [5, 5.41) is -0.684. The number of halogens is 1. The zero-order valence-electron chi connectivity index (χ0n) is 11.0. The third-order valence-corrected chi connectivity index (χ3v) is 4.24. The topological polar surface area (TPSA) is 63.2 Å². The highest BCUT2D eigenvalue weighted by atomic mass is 32.2. The molecule has 0 spiro atoms. The van der Waals surface area contributed by atoms with E-state index in [0.29, 0.717) is 11.1 Å². The first-order valence-electron chi connectivity index (χ1n) is 5.72. The van der Waals surface area contributed by atoms with E-state index < -0.39 is 21.2 Å². The predicted molar refractivity (Wildman–Crippen MR) is 72.2 cm³/mol. The summed E-state index contributed by atoms with van der Waals surface area (Å²) in [5.41, 5.74) is 1.20. The molecule has 0 fully saturated rings. The fourth-order valence-electron chi connectivity index (χ4n) is 1.28. The zero-order chi connectivity index (χ0) is 14.6. The number of amides is 1. The van der Waals surface area contributed by atoms with Gasteiger partial charge in [-0.3, -0.25) is 4.79 Å². The quantitative estimate of drug-likeness (QED) is 0.862. The molecule has 6 heteroatoms. The van der Waals surface area contributed by atoms with E-state index in [1.807, 2.05) is 4.72 Å². The Labute approximate surface area is 112 Å². The Hall–Kier alpha value is -1.69. The van der Waals surface area contributed by atoms with Gasteiger partial charge in [0.1, 0.15) is 5.82 Å². The molecule has 19 heavy (non-hydrogen) atoms. The van der Waals surface area contributed by atoms with Crippen LogP contribution in [0.3, 0.4) is 0 Å². The number of allylic oxidation sites excluding steroid dienone is 1. The zero-order valence-corrected chi connectivity index (χ0v) is 11.8. The van der Waals surface area contributed by atoms with Crippen molar-refractivity contribution in [3.05, 3.63) is 41.7 Å². The summed E-state index contributed by atoms with van der Waals surface area (Å²) < 4.78 is 37.7. The van der Waals surface area contributed by atoms with Crippen molar-refractivity contribution in [1.82, 2.24) is 4.72 Å². The minimum absolute atomic E-state index is 0.372. The summed E-state index contributed by atoms with van der Waals surface area (Å²) in [5.74, 6) is -1.08. The van der Waals surface area contributed by atoms with Gasteiger partial charge in [-0.2, -0.15) is 0 Å². The molecule has 0 aliphatic rings. The Balaban J connectivity index is 2.85. The number of carbonyl (C=O) groups excluding carboxylic acids is 1. The van der Waals surface area contributed by atoms with E-state index in [2.05, 4.69) is 0 Å². The number of hydrogen-bond donors (Lipinski definition) is 1. The summed E-state index contributed by atoms with van der Waals surface area (Å²) in [6.45, 7) is 4.60. The molecule has 0 atom stereocenters. The normalized spacial score (nSPS) is 12.6. The Morgan fingerprint density at radius 3 is 2.26 bits per heavy atom. The molecule has 104 valence electrons. The lowest BCUT2D eigenvalue weighted by molar-refractivity contribution is -0.114.